The molecule has 1 heterocycles. The smallest absolute Gasteiger partial charge is 0.310 e. The topological polar surface area (TPSA) is 100 Å². The first kappa shape index (κ1) is 19.7. The van der Waals surface area contributed by atoms with Gasteiger partial charge in [-0.25, -0.2) is 4.98 Å². The lowest BCUT2D eigenvalue weighted by Crippen LogP contribution is -2.23. The molecular weight excluding hydrogens is 328 g/mol. The predicted octanol–water partition coefficient (Wildman–Crippen LogP) is 3.05. The number of hydrogen-bond donors (Lipinski definition) is 4. The van der Waals surface area contributed by atoms with Gasteiger partial charge < -0.3 is 21.5 Å². The second kappa shape index (κ2) is 9.77. The molecular formula is C20H28N4O2. The summed E-state index contributed by atoms with van der Waals surface area (Å²) in [6.45, 7) is 6.42. The summed E-state index contributed by atoms with van der Waals surface area (Å²) in [5.74, 6) is -0.446. The molecule has 5 N–H and O–H groups in total. The van der Waals surface area contributed by atoms with Crippen molar-refractivity contribution in [2.45, 2.75) is 32.1 Å². The molecule has 0 radical (unpaired) electrons. The summed E-state index contributed by atoms with van der Waals surface area (Å²) in [7, 11) is 0. The maximum atomic E-state index is 11.1. The first-order valence-corrected chi connectivity index (χ1v) is 8.96. The molecule has 1 aromatic heterocycles. The zero-order valence-corrected chi connectivity index (χ0v) is 15.4. The third-order valence-corrected chi connectivity index (χ3v) is 4.48. The molecule has 2 atom stereocenters. The Hall–Kier alpha value is -2.60. The van der Waals surface area contributed by atoms with Crippen LogP contribution in [0.3, 0.4) is 0 Å². The average Bonchev–Trinajstić information content (AvgIpc) is 2.65. The van der Waals surface area contributed by atoms with Gasteiger partial charge in [0.05, 0.1) is 11.6 Å². The lowest BCUT2D eigenvalue weighted by molar-refractivity contribution is -0.138. The summed E-state index contributed by atoms with van der Waals surface area (Å²) in [4.78, 5) is 15.2. The summed E-state index contributed by atoms with van der Waals surface area (Å²) >= 11 is 0. The number of anilines is 2. The van der Waals surface area contributed by atoms with E-state index in [1.54, 1.807) is 13.1 Å². The predicted molar refractivity (Wildman–Crippen MR) is 106 cm³/mol. The van der Waals surface area contributed by atoms with Crippen LogP contribution in [0.25, 0.3) is 0 Å². The van der Waals surface area contributed by atoms with E-state index in [2.05, 4.69) is 28.6 Å². The van der Waals surface area contributed by atoms with Gasteiger partial charge in [0.2, 0.25) is 0 Å². The maximum absolute atomic E-state index is 11.1. The molecule has 2 aromatic rings. The van der Waals surface area contributed by atoms with Gasteiger partial charge >= 0.3 is 5.97 Å². The molecule has 140 valence electrons. The van der Waals surface area contributed by atoms with Crippen LogP contribution in [0.15, 0.2) is 42.6 Å². The third-order valence-electron chi connectivity index (χ3n) is 4.48. The van der Waals surface area contributed by atoms with Gasteiger partial charge in [-0.2, -0.15) is 0 Å². The number of carbonyl (C=O) groups is 1. The van der Waals surface area contributed by atoms with Crippen molar-refractivity contribution >= 4 is 17.5 Å². The number of pyridine rings is 1. The molecule has 2 unspecified atom stereocenters. The van der Waals surface area contributed by atoms with E-state index in [4.69, 9.17) is 10.8 Å². The number of aliphatic carboxylic acids is 1. The molecule has 0 aliphatic carbocycles. The molecule has 0 aliphatic heterocycles. The minimum absolute atomic E-state index is 0.317. The Labute approximate surface area is 154 Å². The van der Waals surface area contributed by atoms with Gasteiger partial charge in [-0.05, 0) is 49.1 Å². The number of rotatable bonds is 10. The van der Waals surface area contributed by atoms with E-state index >= 15 is 0 Å². The van der Waals surface area contributed by atoms with E-state index in [0.717, 1.165) is 42.9 Å². The van der Waals surface area contributed by atoms with Gasteiger partial charge in [0.25, 0.3) is 0 Å². The Morgan fingerprint density at radius 1 is 1.19 bits per heavy atom. The van der Waals surface area contributed by atoms with Crippen molar-refractivity contribution in [3.8, 4) is 0 Å². The zero-order chi connectivity index (χ0) is 18.9. The van der Waals surface area contributed by atoms with Gasteiger partial charge in [-0.1, -0.05) is 31.2 Å². The van der Waals surface area contributed by atoms with Crippen molar-refractivity contribution in [3.63, 3.8) is 0 Å². The van der Waals surface area contributed by atoms with Crippen LogP contribution in [0, 0.1) is 0 Å². The highest BCUT2D eigenvalue weighted by molar-refractivity contribution is 5.75. The summed E-state index contributed by atoms with van der Waals surface area (Å²) in [5, 5.41) is 15.9. The normalized spacial score (nSPS) is 13.2. The van der Waals surface area contributed by atoms with Gasteiger partial charge in [0.15, 0.2) is 0 Å². The fraction of sp³-hybridized carbons (Fsp3) is 0.400. The Kier molecular flexibility index (Phi) is 7.41. The molecule has 0 spiro atoms. The van der Waals surface area contributed by atoms with Crippen LogP contribution >= 0.6 is 0 Å². The molecule has 6 nitrogen and oxygen atoms in total. The molecule has 1 aromatic carbocycles. The minimum atomic E-state index is -0.797. The van der Waals surface area contributed by atoms with Crippen molar-refractivity contribution in [2.24, 2.45) is 0 Å². The van der Waals surface area contributed by atoms with Gasteiger partial charge in [-0.15, -0.1) is 0 Å². The number of hydrogen-bond acceptors (Lipinski definition) is 5. The quantitative estimate of drug-likeness (QED) is 0.488. The molecule has 0 saturated carbocycles. The van der Waals surface area contributed by atoms with E-state index in [1.807, 2.05) is 30.3 Å². The van der Waals surface area contributed by atoms with Crippen LogP contribution in [-0.4, -0.2) is 35.7 Å². The fourth-order valence-electron chi connectivity index (χ4n) is 2.72. The average molecular weight is 356 g/mol. The van der Waals surface area contributed by atoms with E-state index in [-0.39, 0.29) is 0 Å². The molecule has 0 saturated heterocycles. The largest absolute Gasteiger partial charge is 0.481 e. The molecule has 0 fully saturated rings. The first-order chi connectivity index (χ1) is 12.5. The third kappa shape index (κ3) is 5.74. The lowest BCUT2D eigenvalue weighted by atomic mass is 9.94. The number of benzene rings is 1. The van der Waals surface area contributed by atoms with Crippen molar-refractivity contribution in [3.05, 3.63) is 53.7 Å². The molecule has 2 rings (SSSR count). The summed E-state index contributed by atoms with van der Waals surface area (Å²) < 4.78 is 0. The second-order valence-corrected chi connectivity index (χ2v) is 6.55. The van der Waals surface area contributed by atoms with Gasteiger partial charge in [0.1, 0.15) is 5.82 Å². The van der Waals surface area contributed by atoms with E-state index in [0.29, 0.717) is 11.7 Å². The fourth-order valence-corrected chi connectivity index (χ4v) is 2.72. The van der Waals surface area contributed by atoms with E-state index in [9.17, 15) is 4.79 Å². The molecule has 6 heteroatoms. The first-order valence-electron chi connectivity index (χ1n) is 8.96. The Bertz CT molecular complexity index is 720. The van der Waals surface area contributed by atoms with Crippen molar-refractivity contribution in [1.82, 2.24) is 10.3 Å². The number of nitrogens with one attached hydrogen (secondary N) is 2. The number of nitrogens with zero attached hydrogens (tertiary/aromatic N) is 1. The summed E-state index contributed by atoms with van der Waals surface area (Å²) in [6, 6.07) is 11.6. The SMILES string of the molecule is CC(CNCCCNc1cccnc1N)c1cccc(C(C)C(=O)O)c1. The number of carboxylic acid groups (broad SMARTS) is 1. The Morgan fingerprint density at radius 3 is 2.69 bits per heavy atom. The zero-order valence-electron chi connectivity index (χ0n) is 15.4. The van der Waals surface area contributed by atoms with Crippen LogP contribution in [0.5, 0.6) is 0 Å². The number of aromatic nitrogens is 1. The highest BCUT2D eigenvalue weighted by Gasteiger charge is 2.15. The summed E-state index contributed by atoms with van der Waals surface area (Å²) in [6.07, 6.45) is 2.65. The van der Waals surface area contributed by atoms with E-state index < -0.39 is 11.9 Å². The van der Waals surface area contributed by atoms with Crippen LogP contribution < -0.4 is 16.4 Å². The van der Waals surface area contributed by atoms with Crippen molar-refractivity contribution in [2.75, 3.05) is 30.7 Å². The number of nitrogen functional groups attached to an aromatic ring is 1. The van der Waals surface area contributed by atoms with Crippen molar-refractivity contribution < 1.29 is 9.90 Å². The van der Waals surface area contributed by atoms with Crippen LogP contribution in [0.1, 0.15) is 43.2 Å². The second-order valence-electron chi connectivity index (χ2n) is 6.55. The molecule has 0 bridgehead atoms. The van der Waals surface area contributed by atoms with Gasteiger partial charge in [-0.3, -0.25) is 4.79 Å². The lowest BCUT2D eigenvalue weighted by Gasteiger charge is -2.16. The monoisotopic (exact) mass is 356 g/mol. The van der Waals surface area contributed by atoms with Crippen molar-refractivity contribution in [1.29, 1.82) is 0 Å². The minimum Gasteiger partial charge on any atom is -0.481 e. The maximum Gasteiger partial charge on any atom is 0.310 e. The Morgan fingerprint density at radius 2 is 1.96 bits per heavy atom. The van der Waals surface area contributed by atoms with E-state index in [1.165, 1.54) is 0 Å². The molecule has 26 heavy (non-hydrogen) atoms. The highest BCUT2D eigenvalue weighted by atomic mass is 16.4. The van der Waals surface area contributed by atoms with Gasteiger partial charge in [0, 0.05) is 19.3 Å². The molecule has 0 amide bonds. The summed E-state index contributed by atoms with van der Waals surface area (Å²) in [5.41, 5.74) is 8.66. The Balaban J connectivity index is 1.72. The van der Waals surface area contributed by atoms with Crippen LogP contribution in [0.4, 0.5) is 11.5 Å². The standard InChI is InChI=1S/C20H28N4O2/c1-14(16-6-3-7-17(12-16)15(2)20(25)26)13-22-9-5-11-23-18-8-4-10-24-19(18)21/h3-4,6-8,10,12,14-15,22-23H,5,9,11,13H2,1-2H3,(H2,21,24)(H,25,26). The van der Waals surface area contributed by atoms with Crippen LogP contribution in [-0.2, 0) is 4.79 Å². The number of nitrogens with two attached hydrogens (primary N) is 1. The highest BCUT2D eigenvalue weighted by Crippen LogP contribution is 2.21. The number of carboxylic acids is 1. The van der Waals surface area contributed by atoms with Crippen LogP contribution in [0.2, 0.25) is 0 Å². The molecule has 0 aliphatic rings.